The summed E-state index contributed by atoms with van der Waals surface area (Å²) < 4.78 is 10.1. The van der Waals surface area contributed by atoms with Crippen LogP contribution in [0.25, 0.3) is 0 Å². The van der Waals surface area contributed by atoms with Gasteiger partial charge in [-0.25, -0.2) is 9.78 Å². The summed E-state index contributed by atoms with van der Waals surface area (Å²) >= 11 is 1.21. The standard InChI is InChI=1S/C17H13N3O4S/c1-11-10-25-17(20-11)13(7-19)14(21)8-24-16(22)9-23-15-5-3-2-4-12(15)6-18/h2-5,10,13H,8-9H2,1H3/t13-/m1/s1. The van der Waals surface area contributed by atoms with Crippen LogP contribution in [0, 0.1) is 29.6 Å². The van der Waals surface area contributed by atoms with E-state index in [4.69, 9.17) is 20.0 Å². The first-order valence-corrected chi connectivity index (χ1v) is 8.05. The molecule has 1 heterocycles. The molecule has 1 atom stereocenters. The van der Waals surface area contributed by atoms with E-state index in [1.165, 1.54) is 11.3 Å². The van der Waals surface area contributed by atoms with Gasteiger partial charge in [0, 0.05) is 11.1 Å². The summed E-state index contributed by atoms with van der Waals surface area (Å²) in [6.45, 7) is 0.772. The van der Waals surface area contributed by atoms with Crippen LogP contribution in [0.2, 0.25) is 0 Å². The second-order valence-corrected chi connectivity index (χ2v) is 5.80. The molecule has 0 fully saturated rings. The van der Waals surface area contributed by atoms with Crippen LogP contribution in [0.1, 0.15) is 22.2 Å². The number of nitrogens with zero attached hydrogens (tertiary/aromatic N) is 3. The third-order valence-corrected chi connectivity index (χ3v) is 4.09. The highest BCUT2D eigenvalue weighted by Gasteiger charge is 2.24. The normalized spacial score (nSPS) is 11.0. The quantitative estimate of drug-likeness (QED) is 0.699. The number of thiazole rings is 1. The number of benzene rings is 1. The third kappa shape index (κ3) is 4.87. The van der Waals surface area contributed by atoms with Crippen LogP contribution in [0.4, 0.5) is 0 Å². The Morgan fingerprint density at radius 3 is 2.68 bits per heavy atom. The number of esters is 1. The number of ketones is 1. The highest BCUT2D eigenvalue weighted by molar-refractivity contribution is 7.09. The van der Waals surface area contributed by atoms with Crippen molar-refractivity contribution in [2.45, 2.75) is 12.8 Å². The Bertz CT molecular complexity index is 863. The molecule has 0 spiro atoms. The van der Waals surface area contributed by atoms with Crippen LogP contribution < -0.4 is 4.74 Å². The van der Waals surface area contributed by atoms with Crippen LogP contribution in [-0.4, -0.2) is 30.0 Å². The number of hydrogen-bond donors (Lipinski definition) is 0. The maximum absolute atomic E-state index is 12.0. The van der Waals surface area contributed by atoms with E-state index < -0.39 is 30.9 Å². The Morgan fingerprint density at radius 1 is 1.28 bits per heavy atom. The minimum atomic E-state index is -1.06. The zero-order valence-corrected chi connectivity index (χ0v) is 14.1. The second-order valence-electron chi connectivity index (χ2n) is 4.91. The summed E-state index contributed by atoms with van der Waals surface area (Å²) in [5, 5.41) is 20.2. The average molecular weight is 355 g/mol. The van der Waals surface area contributed by atoms with Crippen molar-refractivity contribution >= 4 is 23.1 Å². The van der Waals surface area contributed by atoms with E-state index in [2.05, 4.69) is 4.98 Å². The van der Waals surface area contributed by atoms with E-state index in [0.717, 1.165) is 5.69 Å². The van der Waals surface area contributed by atoms with Crippen molar-refractivity contribution in [3.05, 3.63) is 45.9 Å². The molecule has 0 amide bonds. The first-order valence-electron chi connectivity index (χ1n) is 7.17. The number of rotatable bonds is 7. The number of carbonyl (C=O) groups excluding carboxylic acids is 2. The molecule has 7 nitrogen and oxygen atoms in total. The number of nitriles is 2. The van der Waals surface area contributed by atoms with Gasteiger partial charge in [-0.3, -0.25) is 4.79 Å². The first-order chi connectivity index (χ1) is 12.0. The van der Waals surface area contributed by atoms with Gasteiger partial charge in [0.2, 0.25) is 0 Å². The van der Waals surface area contributed by atoms with Gasteiger partial charge in [0.1, 0.15) is 16.8 Å². The van der Waals surface area contributed by atoms with E-state index in [1.807, 2.05) is 12.1 Å². The first kappa shape index (κ1) is 18.1. The van der Waals surface area contributed by atoms with Gasteiger partial charge in [0.15, 0.2) is 24.9 Å². The van der Waals surface area contributed by atoms with Gasteiger partial charge >= 0.3 is 5.97 Å². The van der Waals surface area contributed by atoms with Crippen LogP contribution in [0.3, 0.4) is 0 Å². The molecule has 0 aliphatic carbocycles. The SMILES string of the molecule is Cc1csc([C@H](C#N)C(=O)COC(=O)COc2ccccc2C#N)n1. The van der Waals surface area contributed by atoms with Crippen LogP contribution in [0.5, 0.6) is 5.75 Å². The Labute approximate surface area is 148 Å². The molecule has 0 N–H and O–H groups in total. The lowest BCUT2D eigenvalue weighted by Gasteiger charge is -2.09. The lowest BCUT2D eigenvalue weighted by atomic mass is 10.1. The fourth-order valence-corrected chi connectivity index (χ4v) is 2.73. The summed E-state index contributed by atoms with van der Waals surface area (Å²) in [4.78, 5) is 27.8. The fraction of sp³-hybridized carbons (Fsp3) is 0.235. The third-order valence-electron chi connectivity index (χ3n) is 3.06. The van der Waals surface area contributed by atoms with Crippen molar-refractivity contribution in [3.8, 4) is 17.9 Å². The zero-order valence-electron chi connectivity index (χ0n) is 13.3. The van der Waals surface area contributed by atoms with Gasteiger partial charge in [0.05, 0.1) is 11.6 Å². The molecule has 2 rings (SSSR count). The maximum atomic E-state index is 12.0. The maximum Gasteiger partial charge on any atom is 0.344 e. The molecule has 0 saturated heterocycles. The van der Waals surface area contributed by atoms with E-state index in [-0.39, 0.29) is 11.3 Å². The molecule has 126 valence electrons. The Morgan fingerprint density at radius 2 is 2.04 bits per heavy atom. The highest BCUT2D eigenvalue weighted by atomic mass is 32.1. The lowest BCUT2D eigenvalue weighted by Crippen LogP contribution is -2.23. The summed E-state index contributed by atoms with van der Waals surface area (Å²) in [5.41, 5.74) is 1.00. The van der Waals surface area contributed by atoms with E-state index in [9.17, 15) is 9.59 Å². The van der Waals surface area contributed by atoms with Gasteiger partial charge < -0.3 is 9.47 Å². The van der Waals surface area contributed by atoms with Crippen molar-refractivity contribution in [1.29, 1.82) is 10.5 Å². The van der Waals surface area contributed by atoms with Gasteiger partial charge in [-0.1, -0.05) is 12.1 Å². The molecule has 0 saturated carbocycles. The monoisotopic (exact) mass is 355 g/mol. The van der Waals surface area contributed by atoms with Crippen molar-refractivity contribution in [2.24, 2.45) is 0 Å². The number of aromatic nitrogens is 1. The molecule has 0 aliphatic rings. The lowest BCUT2D eigenvalue weighted by molar-refractivity contribution is -0.150. The van der Waals surface area contributed by atoms with E-state index >= 15 is 0 Å². The highest BCUT2D eigenvalue weighted by Crippen LogP contribution is 2.21. The molecular weight excluding hydrogens is 342 g/mol. The average Bonchev–Trinajstić information content (AvgIpc) is 3.05. The predicted octanol–water partition coefficient (Wildman–Crippen LogP) is 2.12. The largest absolute Gasteiger partial charge is 0.481 e. The van der Waals surface area contributed by atoms with Crippen LogP contribution >= 0.6 is 11.3 Å². The summed E-state index contributed by atoms with van der Waals surface area (Å²) in [6, 6.07) is 10.2. The molecule has 8 heteroatoms. The van der Waals surface area contributed by atoms with Crippen molar-refractivity contribution < 1.29 is 19.1 Å². The fourth-order valence-electron chi connectivity index (χ4n) is 1.87. The van der Waals surface area contributed by atoms with E-state index in [1.54, 1.807) is 36.6 Å². The van der Waals surface area contributed by atoms with Crippen LogP contribution in [0.15, 0.2) is 29.6 Å². The number of aryl methyl sites for hydroxylation is 1. The number of Topliss-reactive ketones (excluding diaryl/α,β-unsaturated/α-hetero) is 1. The second kappa shape index (κ2) is 8.57. The molecule has 25 heavy (non-hydrogen) atoms. The summed E-state index contributed by atoms with van der Waals surface area (Å²) in [5.74, 6) is -2.14. The van der Waals surface area contributed by atoms with Gasteiger partial charge in [-0.2, -0.15) is 10.5 Å². The molecule has 0 unspecified atom stereocenters. The number of para-hydroxylation sites is 1. The number of ether oxygens (including phenoxy) is 2. The number of carbonyl (C=O) groups is 2. The molecule has 0 aliphatic heterocycles. The molecule has 0 bridgehead atoms. The molecule has 1 aromatic carbocycles. The zero-order chi connectivity index (χ0) is 18.2. The number of hydrogen-bond acceptors (Lipinski definition) is 8. The van der Waals surface area contributed by atoms with E-state index in [0.29, 0.717) is 5.01 Å². The van der Waals surface area contributed by atoms with Crippen molar-refractivity contribution in [3.63, 3.8) is 0 Å². The predicted molar refractivity (Wildman–Crippen MR) is 87.8 cm³/mol. The Hall–Kier alpha value is -3.23. The summed E-state index contributed by atoms with van der Waals surface area (Å²) in [7, 11) is 0. The molecule has 1 aromatic heterocycles. The van der Waals surface area contributed by atoms with Crippen molar-refractivity contribution in [2.75, 3.05) is 13.2 Å². The van der Waals surface area contributed by atoms with Gasteiger partial charge in [-0.15, -0.1) is 11.3 Å². The molecule has 0 radical (unpaired) electrons. The Balaban J connectivity index is 1.86. The van der Waals surface area contributed by atoms with Crippen molar-refractivity contribution in [1.82, 2.24) is 4.98 Å². The van der Waals surface area contributed by atoms with Gasteiger partial charge in [0.25, 0.3) is 0 Å². The molecular formula is C17H13N3O4S. The molecule has 2 aromatic rings. The topological polar surface area (TPSA) is 113 Å². The van der Waals surface area contributed by atoms with Gasteiger partial charge in [-0.05, 0) is 19.1 Å². The minimum Gasteiger partial charge on any atom is -0.481 e. The summed E-state index contributed by atoms with van der Waals surface area (Å²) in [6.07, 6.45) is 0. The minimum absolute atomic E-state index is 0.251. The smallest absolute Gasteiger partial charge is 0.344 e. The van der Waals surface area contributed by atoms with Crippen LogP contribution in [-0.2, 0) is 14.3 Å². The Kier molecular flexibility index (Phi) is 6.21.